The molecule has 1 aliphatic rings. The van der Waals surface area contributed by atoms with Gasteiger partial charge in [-0.05, 0) is 49.6 Å². The van der Waals surface area contributed by atoms with Gasteiger partial charge in [-0.25, -0.2) is 4.79 Å². The summed E-state index contributed by atoms with van der Waals surface area (Å²) in [7, 11) is 0. The fraction of sp³-hybridized carbons (Fsp3) is 0.286. The molecule has 0 spiro atoms. The van der Waals surface area contributed by atoms with Crippen molar-refractivity contribution in [3.8, 4) is 11.5 Å². The van der Waals surface area contributed by atoms with Crippen molar-refractivity contribution >= 4 is 17.8 Å². The maximum absolute atomic E-state index is 12.4. The van der Waals surface area contributed by atoms with Gasteiger partial charge in [-0.2, -0.15) is 0 Å². The SMILES string of the molecule is NC(=O)[C@@H]1CCCCN1C(=O)COC(=O)c1cccc(Oc2ccccc2)c1. The first-order valence-electron chi connectivity index (χ1n) is 9.13. The van der Waals surface area contributed by atoms with Crippen LogP contribution in [0.2, 0.25) is 0 Å². The zero-order valence-electron chi connectivity index (χ0n) is 15.4. The third kappa shape index (κ3) is 4.88. The molecule has 1 saturated heterocycles. The van der Waals surface area contributed by atoms with Gasteiger partial charge in [-0.15, -0.1) is 0 Å². The number of nitrogens with zero attached hydrogens (tertiary/aromatic N) is 1. The Balaban J connectivity index is 1.59. The molecule has 1 atom stereocenters. The molecule has 3 rings (SSSR count). The highest BCUT2D eigenvalue weighted by atomic mass is 16.5. The van der Waals surface area contributed by atoms with Gasteiger partial charge in [0, 0.05) is 6.54 Å². The molecule has 0 aromatic heterocycles. The standard InChI is InChI=1S/C21H22N2O5/c22-20(25)18-11-4-5-12-23(18)19(24)14-27-21(26)15-7-6-10-17(13-15)28-16-8-2-1-3-9-16/h1-3,6-10,13,18H,4-5,11-12,14H2,(H2,22,25)/t18-/m0/s1. The summed E-state index contributed by atoms with van der Waals surface area (Å²) in [6, 6.07) is 15.1. The lowest BCUT2D eigenvalue weighted by Crippen LogP contribution is -2.51. The molecule has 146 valence electrons. The number of hydrogen-bond acceptors (Lipinski definition) is 5. The lowest BCUT2D eigenvalue weighted by atomic mass is 10.0. The molecule has 0 saturated carbocycles. The van der Waals surface area contributed by atoms with E-state index in [-0.39, 0.29) is 5.56 Å². The number of piperidine rings is 1. The fourth-order valence-electron chi connectivity index (χ4n) is 3.13. The summed E-state index contributed by atoms with van der Waals surface area (Å²) in [6.45, 7) is -0.00320. The van der Waals surface area contributed by atoms with Gasteiger partial charge in [0.25, 0.3) is 5.91 Å². The maximum atomic E-state index is 12.4. The molecule has 0 radical (unpaired) electrons. The molecule has 2 aromatic carbocycles. The lowest BCUT2D eigenvalue weighted by molar-refractivity contribution is -0.143. The van der Waals surface area contributed by atoms with Gasteiger partial charge in [-0.1, -0.05) is 24.3 Å². The molecule has 7 nitrogen and oxygen atoms in total. The van der Waals surface area contributed by atoms with Gasteiger partial charge in [-0.3, -0.25) is 9.59 Å². The number of amides is 2. The molecule has 0 unspecified atom stereocenters. The van der Waals surface area contributed by atoms with E-state index in [2.05, 4.69) is 0 Å². The zero-order valence-corrected chi connectivity index (χ0v) is 15.4. The second kappa shape index (κ2) is 9.03. The first-order chi connectivity index (χ1) is 13.5. The predicted octanol–water partition coefficient (Wildman–Crippen LogP) is 2.50. The van der Waals surface area contributed by atoms with E-state index in [9.17, 15) is 14.4 Å². The number of primary amides is 1. The summed E-state index contributed by atoms with van der Waals surface area (Å²) in [5.74, 6) is -0.472. The lowest BCUT2D eigenvalue weighted by Gasteiger charge is -2.33. The third-order valence-electron chi connectivity index (χ3n) is 4.53. The van der Waals surface area contributed by atoms with Crippen LogP contribution in [-0.4, -0.2) is 41.9 Å². The number of benzene rings is 2. The smallest absolute Gasteiger partial charge is 0.338 e. The van der Waals surface area contributed by atoms with Crippen molar-refractivity contribution in [3.63, 3.8) is 0 Å². The number of para-hydroxylation sites is 1. The highest BCUT2D eigenvalue weighted by Gasteiger charge is 2.31. The molecule has 7 heteroatoms. The summed E-state index contributed by atoms with van der Waals surface area (Å²) < 4.78 is 10.8. The average molecular weight is 382 g/mol. The van der Waals surface area contributed by atoms with Gasteiger partial charge in [0.1, 0.15) is 17.5 Å². The van der Waals surface area contributed by atoms with Crippen molar-refractivity contribution in [1.82, 2.24) is 4.90 Å². The molecule has 0 bridgehead atoms. The van der Waals surface area contributed by atoms with E-state index in [1.165, 1.54) is 4.90 Å². The summed E-state index contributed by atoms with van der Waals surface area (Å²) in [5.41, 5.74) is 5.64. The van der Waals surface area contributed by atoms with Gasteiger partial charge in [0.2, 0.25) is 5.91 Å². The fourth-order valence-corrected chi connectivity index (χ4v) is 3.13. The Morgan fingerprint density at radius 2 is 1.75 bits per heavy atom. The van der Waals surface area contributed by atoms with E-state index in [1.54, 1.807) is 36.4 Å². The molecule has 1 fully saturated rings. The molecule has 2 amide bonds. The van der Waals surface area contributed by atoms with Gasteiger partial charge in [0.05, 0.1) is 5.56 Å². The van der Waals surface area contributed by atoms with E-state index >= 15 is 0 Å². The summed E-state index contributed by atoms with van der Waals surface area (Å²) in [6.07, 6.45) is 2.17. The summed E-state index contributed by atoms with van der Waals surface area (Å²) in [4.78, 5) is 37.6. The number of likely N-dealkylation sites (tertiary alicyclic amines) is 1. The number of carbonyl (C=O) groups excluding carboxylic acids is 3. The molecule has 1 heterocycles. The molecule has 2 N–H and O–H groups in total. The molecular formula is C21H22N2O5. The maximum Gasteiger partial charge on any atom is 0.338 e. The number of hydrogen-bond donors (Lipinski definition) is 1. The van der Waals surface area contributed by atoms with Gasteiger partial charge in [0.15, 0.2) is 6.61 Å². The number of esters is 1. The quantitative estimate of drug-likeness (QED) is 0.774. The normalized spacial score (nSPS) is 16.3. The van der Waals surface area contributed by atoms with Crippen LogP contribution in [0.3, 0.4) is 0 Å². The van der Waals surface area contributed by atoms with Crippen molar-refractivity contribution in [1.29, 1.82) is 0 Å². The van der Waals surface area contributed by atoms with Crippen molar-refractivity contribution in [3.05, 3.63) is 60.2 Å². The van der Waals surface area contributed by atoms with Crippen molar-refractivity contribution in [2.24, 2.45) is 5.73 Å². The van der Waals surface area contributed by atoms with Crippen molar-refractivity contribution in [2.75, 3.05) is 13.2 Å². The Hall–Kier alpha value is -3.35. The highest BCUT2D eigenvalue weighted by Crippen LogP contribution is 2.22. The first-order valence-corrected chi connectivity index (χ1v) is 9.13. The Kier molecular flexibility index (Phi) is 6.26. The van der Waals surface area contributed by atoms with Crippen LogP contribution in [0.15, 0.2) is 54.6 Å². The minimum Gasteiger partial charge on any atom is -0.457 e. The second-order valence-electron chi connectivity index (χ2n) is 6.52. The Bertz CT molecular complexity index is 853. The minimum atomic E-state index is -0.639. The van der Waals surface area contributed by atoms with Crippen LogP contribution in [0.25, 0.3) is 0 Å². The first kappa shape index (κ1) is 19.4. The van der Waals surface area contributed by atoms with Crippen molar-refractivity contribution < 1.29 is 23.9 Å². The molecule has 2 aromatic rings. The predicted molar refractivity (Wildman–Crippen MR) is 102 cm³/mol. The van der Waals surface area contributed by atoms with Crippen LogP contribution in [0.4, 0.5) is 0 Å². The Morgan fingerprint density at radius 1 is 1.00 bits per heavy atom. The average Bonchev–Trinajstić information content (AvgIpc) is 2.72. The van der Waals surface area contributed by atoms with Crippen LogP contribution < -0.4 is 10.5 Å². The molecule has 0 aliphatic carbocycles. The van der Waals surface area contributed by atoms with Crippen LogP contribution in [0, 0.1) is 0 Å². The third-order valence-corrected chi connectivity index (χ3v) is 4.53. The van der Waals surface area contributed by atoms with Crippen molar-refractivity contribution in [2.45, 2.75) is 25.3 Å². The van der Waals surface area contributed by atoms with Gasteiger partial charge < -0.3 is 20.1 Å². The number of nitrogens with two attached hydrogens (primary N) is 1. The van der Waals surface area contributed by atoms with E-state index in [1.807, 2.05) is 18.2 Å². The number of ether oxygens (including phenoxy) is 2. The molecule has 28 heavy (non-hydrogen) atoms. The largest absolute Gasteiger partial charge is 0.457 e. The van der Waals surface area contributed by atoms with Crippen LogP contribution >= 0.6 is 0 Å². The van der Waals surface area contributed by atoms with E-state index in [0.29, 0.717) is 24.5 Å². The number of carbonyl (C=O) groups is 3. The molecular weight excluding hydrogens is 360 g/mol. The number of rotatable bonds is 6. The van der Waals surface area contributed by atoms with Crippen LogP contribution in [0.5, 0.6) is 11.5 Å². The highest BCUT2D eigenvalue weighted by molar-refractivity contribution is 5.92. The van der Waals surface area contributed by atoms with Crippen LogP contribution in [-0.2, 0) is 14.3 Å². The Morgan fingerprint density at radius 3 is 2.50 bits per heavy atom. The van der Waals surface area contributed by atoms with Gasteiger partial charge >= 0.3 is 5.97 Å². The van der Waals surface area contributed by atoms with Crippen LogP contribution in [0.1, 0.15) is 29.6 Å². The Labute approximate surface area is 163 Å². The topological polar surface area (TPSA) is 98.9 Å². The molecule has 1 aliphatic heterocycles. The van der Waals surface area contributed by atoms with E-state index in [4.69, 9.17) is 15.2 Å². The zero-order chi connectivity index (χ0) is 19.9. The van der Waals surface area contributed by atoms with E-state index in [0.717, 1.165) is 12.8 Å². The summed E-state index contributed by atoms with van der Waals surface area (Å²) in [5, 5.41) is 0. The minimum absolute atomic E-state index is 0.270. The van der Waals surface area contributed by atoms with E-state index < -0.39 is 30.4 Å². The second-order valence-corrected chi connectivity index (χ2v) is 6.52. The summed E-state index contributed by atoms with van der Waals surface area (Å²) >= 11 is 0. The monoisotopic (exact) mass is 382 g/mol.